The van der Waals surface area contributed by atoms with E-state index in [0.29, 0.717) is 36.7 Å². The second-order valence-electron chi connectivity index (χ2n) is 7.47. The molecule has 2 amide bonds. The zero-order valence-corrected chi connectivity index (χ0v) is 17.3. The van der Waals surface area contributed by atoms with Gasteiger partial charge in [0.25, 0.3) is 0 Å². The first-order valence-corrected chi connectivity index (χ1v) is 10.5. The van der Waals surface area contributed by atoms with Crippen LogP contribution in [0.15, 0.2) is 42.9 Å². The van der Waals surface area contributed by atoms with Gasteiger partial charge in [-0.15, -0.1) is 0 Å². The molecule has 2 heterocycles. The van der Waals surface area contributed by atoms with Crippen LogP contribution >= 0.6 is 11.6 Å². The number of piperidine rings is 1. The zero-order valence-electron chi connectivity index (χ0n) is 16.5. The van der Waals surface area contributed by atoms with Gasteiger partial charge in [0.1, 0.15) is 0 Å². The highest BCUT2D eigenvalue weighted by Crippen LogP contribution is 2.22. The Hall–Kier alpha value is -2.47. The first-order valence-electron chi connectivity index (χ1n) is 10.1. The number of nitrogens with one attached hydrogen (secondary N) is 1. The molecule has 1 saturated heterocycles. The van der Waals surface area contributed by atoms with Crippen molar-refractivity contribution in [2.45, 2.75) is 45.1 Å². The number of rotatable bonds is 8. The lowest BCUT2D eigenvalue weighted by molar-refractivity contribution is -0.132. The molecule has 2 aromatic rings. The van der Waals surface area contributed by atoms with Crippen LogP contribution in [0.3, 0.4) is 0 Å². The maximum atomic E-state index is 12.4. The van der Waals surface area contributed by atoms with Crippen LogP contribution in [0.4, 0.5) is 0 Å². The second-order valence-corrected chi connectivity index (χ2v) is 7.90. The molecule has 0 unspecified atom stereocenters. The molecular weight excluding hydrogens is 388 g/mol. The van der Waals surface area contributed by atoms with Gasteiger partial charge in [-0.05, 0) is 49.3 Å². The number of nitrogens with zero attached hydrogens (tertiary/aromatic N) is 3. The molecule has 1 aromatic heterocycles. The van der Waals surface area contributed by atoms with Gasteiger partial charge < -0.3 is 10.2 Å². The highest BCUT2D eigenvalue weighted by Gasteiger charge is 2.23. The molecule has 29 heavy (non-hydrogen) atoms. The van der Waals surface area contributed by atoms with E-state index in [2.05, 4.69) is 15.3 Å². The lowest BCUT2D eigenvalue weighted by Crippen LogP contribution is -2.38. The van der Waals surface area contributed by atoms with Gasteiger partial charge in [0, 0.05) is 56.1 Å². The number of aromatic nitrogens is 2. The summed E-state index contributed by atoms with van der Waals surface area (Å²) in [4.78, 5) is 34.7. The molecular formula is C22H27ClN4O2. The van der Waals surface area contributed by atoms with Crippen molar-refractivity contribution in [2.75, 3.05) is 13.1 Å². The molecule has 6 nitrogen and oxygen atoms in total. The van der Waals surface area contributed by atoms with Crippen molar-refractivity contribution in [1.82, 2.24) is 20.2 Å². The van der Waals surface area contributed by atoms with Crippen molar-refractivity contribution in [1.29, 1.82) is 0 Å². The van der Waals surface area contributed by atoms with Crippen LogP contribution in [0.5, 0.6) is 0 Å². The quantitative estimate of drug-likeness (QED) is 0.718. The molecule has 1 fully saturated rings. The average Bonchev–Trinajstić information content (AvgIpc) is 2.76. The van der Waals surface area contributed by atoms with Crippen LogP contribution in [0.1, 0.15) is 43.4 Å². The summed E-state index contributed by atoms with van der Waals surface area (Å²) in [6, 6.07) is 7.51. The largest absolute Gasteiger partial charge is 0.352 e. The Morgan fingerprint density at radius 1 is 1.17 bits per heavy atom. The summed E-state index contributed by atoms with van der Waals surface area (Å²) in [5.74, 6) is 0.733. The summed E-state index contributed by atoms with van der Waals surface area (Å²) in [5, 5.41) is 3.63. The van der Waals surface area contributed by atoms with Gasteiger partial charge >= 0.3 is 0 Å². The first kappa shape index (κ1) is 21.2. The number of halogens is 1. The van der Waals surface area contributed by atoms with Gasteiger partial charge in [-0.1, -0.05) is 23.7 Å². The minimum atomic E-state index is 0.0625. The van der Waals surface area contributed by atoms with Gasteiger partial charge in [0.15, 0.2) is 0 Å². The predicted octanol–water partition coefficient (Wildman–Crippen LogP) is 3.40. The fraction of sp³-hybridized carbons (Fsp3) is 0.455. The van der Waals surface area contributed by atoms with Crippen LogP contribution < -0.4 is 5.32 Å². The van der Waals surface area contributed by atoms with Crippen molar-refractivity contribution >= 4 is 23.4 Å². The number of carbonyl (C=O) groups excluding carboxylic acids is 2. The van der Waals surface area contributed by atoms with Crippen LogP contribution in [-0.2, 0) is 22.6 Å². The Kier molecular flexibility index (Phi) is 7.99. The molecule has 0 aliphatic carbocycles. The Bertz CT molecular complexity index is 807. The molecule has 1 N–H and O–H groups in total. The van der Waals surface area contributed by atoms with Crippen LogP contribution in [0.2, 0.25) is 5.02 Å². The van der Waals surface area contributed by atoms with E-state index >= 15 is 0 Å². The van der Waals surface area contributed by atoms with E-state index in [1.54, 1.807) is 18.6 Å². The van der Waals surface area contributed by atoms with Crippen LogP contribution in [0, 0.1) is 5.92 Å². The number of aryl methyl sites for hydroxylation is 1. The van der Waals surface area contributed by atoms with Crippen molar-refractivity contribution < 1.29 is 9.59 Å². The van der Waals surface area contributed by atoms with E-state index in [4.69, 9.17) is 11.6 Å². The van der Waals surface area contributed by atoms with Crippen molar-refractivity contribution in [3.05, 3.63) is 59.1 Å². The predicted molar refractivity (Wildman–Crippen MR) is 112 cm³/mol. The van der Waals surface area contributed by atoms with E-state index in [0.717, 1.165) is 43.6 Å². The summed E-state index contributed by atoms with van der Waals surface area (Å²) in [6.45, 7) is 2.04. The summed E-state index contributed by atoms with van der Waals surface area (Å²) in [6.07, 6.45) is 9.38. The lowest BCUT2D eigenvalue weighted by atomic mass is 9.92. The Morgan fingerprint density at radius 3 is 2.72 bits per heavy atom. The number of carbonyl (C=O) groups is 2. The number of hydrogen-bond acceptors (Lipinski definition) is 4. The minimum absolute atomic E-state index is 0.0625. The number of likely N-dealkylation sites (tertiary alicyclic amines) is 1. The Balaban J connectivity index is 1.31. The fourth-order valence-corrected chi connectivity index (χ4v) is 3.81. The third-order valence-corrected chi connectivity index (χ3v) is 5.57. The second kappa shape index (κ2) is 10.9. The van der Waals surface area contributed by atoms with E-state index in [-0.39, 0.29) is 11.8 Å². The normalized spacial score (nSPS) is 14.6. The lowest BCUT2D eigenvalue weighted by Gasteiger charge is -2.32. The maximum absolute atomic E-state index is 12.4. The SMILES string of the molecule is O=C(CCC1CCN(C(=O)CCc2cnccn2)CC1)NCc1cccc(Cl)c1. The number of amides is 2. The average molecular weight is 415 g/mol. The molecule has 1 aromatic carbocycles. The monoisotopic (exact) mass is 414 g/mol. The molecule has 154 valence electrons. The van der Waals surface area contributed by atoms with Gasteiger partial charge in [-0.2, -0.15) is 0 Å². The molecule has 3 rings (SSSR count). The zero-order chi connectivity index (χ0) is 20.5. The van der Waals surface area contributed by atoms with Crippen LogP contribution in [-0.4, -0.2) is 39.8 Å². The van der Waals surface area contributed by atoms with Crippen molar-refractivity contribution in [3.63, 3.8) is 0 Å². The van der Waals surface area contributed by atoms with Crippen molar-refractivity contribution in [2.24, 2.45) is 5.92 Å². The first-order chi connectivity index (χ1) is 14.1. The topological polar surface area (TPSA) is 75.2 Å². The van der Waals surface area contributed by atoms with Gasteiger partial charge in [0.05, 0.1) is 5.69 Å². The minimum Gasteiger partial charge on any atom is -0.352 e. The summed E-state index contributed by atoms with van der Waals surface area (Å²) in [5.41, 5.74) is 1.85. The molecule has 1 aliphatic heterocycles. The summed E-state index contributed by atoms with van der Waals surface area (Å²) < 4.78 is 0. The van der Waals surface area contributed by atoms with E-state index in [1.165, 1.54) is 0 Å². The molecule has 0 atom stereocenters. The third-order valence-electron chi connectivity index (χ3n) is 5.34. The molecule has 1 aliphatic rings. The van der Waals surface area contributed by atoms with Gasteiger partial charge in [-0.3, -0.25) is 19.6 Å². The third kappa shape index (κ3) is 7.13. The summed E-state index contributed by atoms with van der Waals surface area (Å²) in [7, 11) is 0. The van der Waals surface area contributed by atoms with E-state index < -0.39 is 0 Å². The fourth-order valence-electron chi connectivity index (χ4n) is 3.59. The molecule has 0 bridgehead atoms. The smallest absolute Gasteiger partial charge is 0.222 e. The Morgan fingerprint density at radius 2 is 2.00 bits per heavy atom. The molecule has 7 heteroatoms. The van der Waals surface area contributed by atoms with Gasteiger partial charge in [-0.25, -0.2) is 0 Å². The standard InChI is InChI=1S/C22H27ClN4O2/c23-19-3-1-2-18(14-19)15-26-21(28)6-4-17-8-12-27(13-9-17)22(29)7-5-20-16-24-10-11-25-20/h1-3,10-11,14,16-17H,4-9,12-13,15H2,(H,26,28). The van der Waals surface area contributed by atoms with E-state index in [1.807, 2.05) is 29.2 Å². The molecule has 0 spiro atoms. The number of hydrogen-bond donors (Lipinski definition) is 1. The van der Waals surface area contributed by atoms with Crippen LogP contribution in [0.25, 0.3) is 0 Å². The number of benzene rings is 1. The van der Waals surface area contributed by atoms with Crippen molar-refractivity contribution in [3.8, 4) is 0 Å². The van der Waals surface area contributed by atoms with E-state index in [9.17, 15) is 9.59 Å². The molecule has 0 radical (unpaired) electrons. The molecule has 0 saturated carbocycles. The maximum Gasteiger partial charge on any atom is 0.222 e. The summed E-state index contributed by atoms with van der Waals surface area (Å²) >= 11 is 5.96. The Labute approximate surface area is 176 Å². The highest BCUT2D eigenvalue weighted by atomic mass is 35.5. The van der Waals surface area contributed by atoms with Gasteiger partial charge in [0.2, 0.25) is 11.8 Å². The highest BCUT2D eigenvalue weighted by molar-refractivity contribution is 6.30.